The van der Waals surface area contributed by atoms with Crippen molar-refractivity contribution in [1.29, 1.82) is 0 Å². The number of carbonyl (C=O) groups is 1. The van der Waals surface area contributed by atoms with Gasteiger partial charge in [0.1, 0.15) is 54.0 Å². The maximum Gasteiger partial charge on any atom is 0.311 e. The summed E-state index contributed by atoms with van der Waals surface area (Å²) in [4.78, 5) is 22.6. The number of hydrogen-bond donors (Lipinski definition) is 5. The number of alkyl halides is 1. The molecular formula is C56H88ClFN6O13. The predicted octanol–water partition coefficient (Wildman–Crippen LogP) is 5.72. The van der Waals surface area contributed by atoms with E-state index in [1.807, 2.05) is 68.1 Å². The monoisotopic (exact) mass is 1110 g/mol. The highest BCUT2D eigenvalue weighted by Crippen LogP contribution is 2.41. The molecule has 20 atom stereocenters. The molecule has 3 saturated heterocycles. The Morgan fingerprint density at radius 1 is 0.948 bits per heavy atom. The fourth-order valence-electron chi connectivity index (χ4n) is 11.9. The molecule has 1 aromatic carbocycles. The van der Waals surface area contributed by atoms with Crippen LogP contribution in [0, 0.1) is 17.8 Å². The van der Waals surface area contributed by atoms with Crippen LogP contribution in [0.2, 0.25) is 5.15 Å². The van der Waals surface area contributed by atoms with E-state index in [4.69, 9.17) is 44.8 Å². The van der Waals surface area contributed by atoms with Crippen molar-refractivity contribution in [2.45, 2.75) is 204 Å². The van der Waals surface area contributed by atoms with Gasteiger partial charge in [-0.25, -0.2) is 14.1 Å². The molecule has 3 aliphatic rings. The van der Waals surface area contributed by atoms with Crippen molar-refractivity contribution in [2.75, 3.05) is 48.1 Å². The van der Waals surface area contributed by atoms with E-state index < -0.39 is 127 Å². The number of esters is 1. The SMILES string of the molecule is CC[C@H]1OC(=O)[C@H](C)[C@@H](O[C@H]2C[C@@](C)(OC)[C@@H](O)[C@H](C)O2)[C@H](C)[C@@H](O[C@@H]2O[C@H](C)C[C@H](N(C)CCc3cn([C@H](CF)[C@H](OC)c4ccc(-c5ccc(Cl)nc5)cc4)nn3)[C@H]2O)[C@](C)(O)C[C@@H](C)CN(C)[C@H](C)[C@@H](O)[C@]1(C)O. The fraction of sp³-hybridized carbons (Fsp3) is 0.750. The Morgan fingerprint density at radius 3 is 2.23 bits per heavy atom. The molecule has 5 heterocycles. The van der Waals surface area contributed by atoms with Crippen LogP contribution in [-0.2, 0) is 44.4 Å². The normalized spacial score (nSPS) is 38.2. The van der Waals surface area contributed by atoms with Crippen molar-refractivity contribution in [2.24, 2.45) is 17.8 Å². The summed E-state index contributed by atoms with van der Waals surface area (Å²) in [5.41, 5.74) is -1.45. The molecule has 6 rings (SSSR count). The Bertz CT molecular complexity index is 2320. The Kier molecular flexibility index (Phi) is 21.6. The molecule has 0 aliphatic carbocycles. The molecule has 0 saturated carbocycles. The molecular weight excluding hydrogens is 1020 g/mol. The number of rotatable bonds is 16. The number of aliphatic hydroxyl groups excluding tert-OH is 3. The van der Waals surface area contributed by atoms with E-state index in [0.29, 0.717) is 36.8 Å². The van der Waals surface area contributed by atoms with Crippen LogP contribution in [0.4, 0.5) is 4.39 Å². The minimum absolute atomic E-state index is 0.0806. The topological polar surface area (TPSA) is 233 Å². The molecule has 0 spiro atoms. The molecule has 434 valence electrons. The average molecular weight is 1110 g/mol. The largest absolute Gasteiger partial charge is 0.459 e. The summed E-state index contributed by atoms with van der Waals surface area (Å²) in [5, 5.41) is 69.0. The lowest BCUT2D eigenvalue weighted by atomic mass is 9.77. The summed E-state index contributed by atoms with van der Waals surface area (Å²) in [6.07, 6.45) is -6.40. The smallest absolute Gasteiger partial charge is 0.311 e. The molecule has 5 N–H and O–H groups in total. The van der Waals surface area contributed by atoms with Gasteiger partial charge < -0.3 is 68.5 Å². The summed E-state index contributed by atoms with van der Waals surface area (Å²) in [7, 11) is 6.73. The van der Waals surface area contributed by atoms with Gasteiger partial charge in [-0.05, 0) is 111 Å². The Balaban J connectivity index is 1.25. The minimum atomic E-state index is -1.86. The number of halogens is 2. The number of cyclic esters (lactones) is 1. The van der Waals surface area contributed by atoms with Gasteiger partial charge in [-0.1, -0.05) is 61.9 Å². The van der Waals surface area contributed by atoms with Crippen molar-refractivity contribution >= 4 is 17.6 Å². The Hall–Kier alpha value is -3.32. The molecule has 0 bridgehead atoms. The maximum absolute atomic E-state index is 14.9. The number of ether oxygens (including phenoxy) is 7. The van der Waals surface area contributed by atoms with Crippen LogP contribution in [0.5, 0.6) is 0 Å². The highest BCUT2D eigenvalue weighted by molar-refractivity contribution is 6.29. The number of hydrogen-bond acceptors (Lipinski definition) is 18. The van der Waals surface area contributed by atoms with Crippen LogP contribution >= 0.6 is 11.6 Å². The van der Waals surface area contributed by atoms with Gasteiger partial charge in [-0.3, -0.25) is 4.79 Å². The highest BCUT2D eigenvalue weighted by Gasteiger charge is 2.53. The number of pyridine rings is 1. The van der Waals surface area contributed by atoms with E-state index in [1.165, 1.54) is 25.8 Å². The first-order valence-corrected chi connectivity index (χ1v) is 27.6. The third-order valence-electron chi connectivity index (χ3n) is 16.8. The zero-order valence-corrected chi connectivity index (χ0v) is 48.3. The molecule has 3 fully saturated rings. The van der Waals surface area contributed by atoms with Crippen LogP contribution in [0.25, 0.3) is 11.1 Å². The van der Waals surface area contributed by atoms with E-state index in [9.17, 15) is 34.7 Å². The van der Waals surface area contributed by atoms with Gasteiger partial charge >= 0.3 is 5.97 Å². The van der Waals surface area contributed by atoms with E-state index in [0.717, 1.165) is 16.7 Å². The van der Waals surface area contributed by atoms with Crippen LogP contribution in [-0.4, -0.2) is 200 Å². The van der Waals surface area contributed by atoms with Gasteiger partial charge in [-0.2, -0.15) is 0 Å². The zero-order valence-electron chi connectivity index (χ0n) is 47.5. The minimum Gasteiger partial charge on any atom is -0.459 e. The number of nitrogens with zero attached hydrogens (tertiary/aromatic N) is 6. The van der Waals surface area contributed by atoms with E-state index in [2.05, 4.69) is 15.3 Å². The third-order valence-corrected chi connectivity index (χ3v) is 17.0. The van der Waals surface area contributed by atoms with Crippen LogP contribution < -0.4 is 0 Å². The van der Waals surface area contributed by atoms with Crippen molar-refractivity contribution in [1.82, 2.24) is 29.8 Å². The Labute approximate surface area is 459 Å². The number of carbonyl (C=O) groups excluding carboxylic acids is 1. The van der Waals surface area contributed by atoms with Crippen LogP contribution in [0.1, 0.15) is 118 Å². The predicted molar refractivity (Wildman–Crippen MR) is 286 cm³/mol. The van der Waals surface area contributed by atoms with Crippen LogP contribution in [0.15, 0.2) is 48.8 Å². The first kappa shape index (κ1) is 62.9. The lowest BCUT2D eigenvalue weighted by molar-refractivity contribution is -0.318. The second-order valence-corrected chi connectivity index (χ2v) is 23.4. The summed E-state index contributed by atoms with van der Waals surface area (Å²) >= 11 is 5.99. The molecule has 21 heteroatoms. The van der Waals surface area contributed by atoms with E-state index in [1.54, 1.807) is 66.9 Å². The summed E-state index contributed by atoms with van der Waals surface area (Å²) in [6, 6.07) is 9.31. The Morgan fingerprint density at radius 2 is 1.62 bits per heavy atom. The average Bonchev–Trinajstić information content (AvgIpc) is 3.87. The number of benzene rings is 1. The molecule has 0 unspecified atom stereocenters. The van der Waals surface area contributed by atoms with Gasteiger partial charge in [0.05, 0.1) is 47.2 Å². The van der Waals surface area contributed by atoms with Crippen LogP contribution in [0.3, 0.4) is 0 Å². The molecule has 0 radical (unpaired) electrons. The molecule has 3 aromatic rings. The van der Waals surface area contributed by atoms with E-state index in [-0.39, 0.29) is 25.2 Å². The van der Waals surface area contributed by atoms with Gasteiger partial charge in [-0.15, -0.1) is 5.10 Å². The second kappa shape index (κ2) is 26.5. The second-order valence-electron chi connectivity index (χ2n) is 23.0. The number of aromatic nitrogens is 4. The lowest BCUT2D eigenvalue weighted by Gasteiger charge is -2.49. The lowest BCUT2D eigenvalue weighted by Crippen LogP contribution is -2.61. The fourth-order valence-corrected chi connectivity index (χ4v) is 12.0. The van der Waals surface area contributed by atoms with Gasteiger partial charge in [0.25, 0.3) is 0 Å². The molecule has 2 aromatic heterocycles. The zero-order chi connectivity index (χ0) is 56.9. The third kappa shape index (κ3) is 14.6. The first-order valence-electron chi connectivity index (χ1n) is 27.2. The van der Waals surface area contributed by atoms with Crippen molar-refractivity contribution in [3.8, 4) is 11.1 Å². The number of methoxy groups -OCH3 is 2. The van der Waals surface area contributed by atoms with E-state index >= 15 is 0 Å². The number of likely N-dealkylation sites (N-methyl/N-ethyl adjacent to an activating group) is 2. The van der Waals surface area contributed by atoms with Gasteiger partial charge in [0.2, 0.25) is 0 Å². The summed E-state index contributed by atoms with van der Waals surface area (Å²) in [5.74, 6) is -2.89. The first-order chi connectivity index (χ1) is 36.2. The van der Waals surface area contributed by atoms with Crippen molar-refractivity contribution in [3.05, 3.63) is 65.2 Å². The molecule has 3 aliphatic heterocycles. The number of aliphatic hydroxyl groups is 5. The molecule has 0 amide bonds. The van der Waals surface area contributed by atoms with Crippen molar-refractivity contribution in [3.63, 3.8) is 0 Å². The maximum atomic E-state index is 14.9. The quantitative estimate of drug-likeness (QED) is 0.0853. The summed E-state index contributed by atoms with van der Waals surface area (Å²) in [6.45, 7) is 17.5. The molecule has 19 nitrogen and oxygen atoms in total. The highest BCUT2D eigenvalue weighted by atomic mass is 35.5. The summed E-state index contributed by atoms with van der Waals surface area (Å²) < 4.78 is 60.6. The standard InChI is InChI=1S/C56H88ClFN6O13/c1-15-43-56(10,70)49(66)35(6)63(12)29-31(2)25-54(8,69)51(33(4)47(34(5)52(68)75-43)76-45-26-55(9,72-14)50(67)36(7)74-45)77-53-46(65)41(24-32(3)73-53)62(11)23-22-40-30-64(61-60-40)42(27-58)48(71-13)38-18-16-37(17-19-38)39-20-21-44(57)59-28-39/h16-21,28,30-36,41-43,45-51,53,65-67,69-70H,15,22-27,29H2,1-14H3/t31-,32-,33+,34-,35-,36+,41+,42-,43-,45+,46-,47+,48-,49-,50+,51-,53+,54-,55-,56-/m1/s1. The van der Waals surface area contributed by atoms with Gasteiger partial charge in [0.15, 0.2) is 12.6 Å². The van der Waals surface area contributed by atoms with Gasteiger partial charge in [0, 0.05) is 76.1 Å². The molecule has 77 heavy (non-hydrogen) atoms. The van der Waals surface area contributed by atoms with Crippen molar-refractivity contribution < 1.29 is 67.9 Å².